The fourth-order valence-corrected chi connectivity index (χ4v) is 2.93. The topological polar surface area (TPSA) is 44.5 Å². The maximum atomic E-state index is 6.34. The maximum absolute atomic E-state index is 6.34. The van der Waals surface area contributed by atoms with Gasteiger partial charge in [0.2, 0.25) is 0 Å². The normalized spacial score (nSPS) is 12.2. The highest BCUT2D eigenvalue weighted by atomic mass is 35.5. The van der Waals surface area contributed by atoms with Gasteiger partial charge in [-0.3, -0.25) is 0 Å². The Labute approximate surface area is 128 Å². The fraction of sp³-hybridized carbons (Fsp3) is 0.333. The van der Waals surface area contributed by atoms with Gasteiger partial charge in [-0.15, -0.1) is 0 Å². The summed E-state index contributed by atoms with van der Waals surface area (Å²) >= 11 is 7.95. The molecule has 0 saturated heterocycles. The minimum Gasteiger partial charge on any atom is -0.490 e. The highest BCUT2D eigenvalue weighted by molar-refractivity contribution is 7.08. The second-order valence-electron chi connectivity index (χ2n) is 4.22. The van der Waals surface area contributed by atoms with Gasteiger partial charge in [0.05, 0.1) is 19.3 Å². The standard InChI is InChI=1S/C15H18ClNO2S/c1-3-18-13-7-11(12(16)8-14(13)19-4-2)15(17)10-5-6-20-9-10/h5-9,15H,3-4,17H2,1-2H3. The third-order valence-electron chi connectivity index (χ3n) is 2.90. The molecule has 1 aromatic carbocycles. The lowest BCUT2D eigenvalue weighted by Gasteiger charge is -2.17. The van der Waals surface area contributed by atoms with Crippen molar-refractivity contribution in [3.63, 3.8) is 0 Å². The summed E-state index contributed by atoms with van der Waals surface area (Å²) in [6.45, 7) is 4.98. The van der Waals surface area contributed by atoms with Crippen LogP contribution in [0.2, 0.25) is 5.02 Å². The van der Waals surface area contributed by atoms with Gasteiger partial charge in [-0.25, -0.2) is 0 Å². The van der Waals surface area contributed by atoms with Gasteiger partial charge in [0.15, 0.2) is 11.5 Å². The first-order valence-corrected chi connectivity index (χ1v) is 7.86. The first kappa shape index (κ1) is 15.2. The Morgan fingerprint density at radius 2 is 1.85 bits per heavy atom. The van der Waals surface area contributed by atoms with Crippen molar-refractivity contribution in [2.75, 3.05) is 13.2 Å². The average molecular weight is 312 g/mol. The number of hydrogen-bond donors (Lipinski definition) is 1. The zero-order chi connectivity index (χ0) is 14.5. The summed E-state index contributed by atoms with van der Waals surface area (Å²) in [7, 11) is 0. The van der Waals surface area contributed by atoms with Gasteiger partial charge in [-0.1, -0.05) is 11.6 Å². The van der Waals surface area contributed by atoms with Crippen LogP contribution in [0.4, 0.5) is 0 Å². The van der Waals surface area contributed by atoms with Crippen LogP contribution in [0.15, 0.2) is 29.0 Å². The summed E-state index contributed by atoms with van der Waals surface area (Å²) < 4.78 is 11.2. The summed E-state index contributed by atoms with van der Waals surface area (Å²) in [4.78, 5) is 0. The number of halogens is 1. The Hall–Kier alpha value is -1.23. The molecule has 1 unspecified atom stereocenters. The van der Waals surface area contributed by atoms with Gasteiger partial charge in [-0.05, 0) is 47.9 Å². The minimum absolute atomic E-state index is 0.261. The van der Waals surface area contributed by atoms with Crippen LogP contribution < -0.4 is 15.2 Å². The van der Waals surface area contributed by atoms with E-state index in [0.717, 1.165) is 11.1 Å². The van der Waals surface area contributed by atoms with E-state index in [4.69, 9.17) is 26.8 Å². The van der Waals surface area contributed by atoms with E-state index in [9.17, 15) is 0 Å². The Morgan fingerprint density at radius 1 is 1.20 bits per heavy atom. The molecule has 1 aromatic heterocycles. The minimum atomic E-state index is -0.261. The largest absolute Gasteiger partial charge is 0.490 e. The lowest BCUT2D eigenvalue weighted by molar-refractivity contribution is 0.287. The number of thiophene rings is 1. The lowest BCUT2D eigenvalue weighted by Crippen LogP contribution is -2.12. The zero-order valence-corrected chi connectivity index (χ0v) is 13.1. The summed E-state index contributed by atoms with van der Waals surface area (Å²) in [6.07, 6.45) is 0. The van der Waals surface area contributed by atoms with E-state index >= 15 is 0 Å². The molecule has 0 aliphatic heterocycles. The highest BCUT2D eigenvalue weighted by Crippen LogP contribution is 2.37. The summed E-state index contributed by atoms with van der Waals surface area (Å²) in [5.74, 6) is 1.33. The van der Waals surface area contributed by atoms with Gasteiger partial charge in [0, 0.05) is 11.1 Å². The molecule has 1 heterocycles. The van der Waals surface area contributed by atoms with Crippen LogP contribution in [0.5, 0.6) is 11.5 Å². The van der Waals surface area contributed by atoms with E-state index in [0.29, 0.717) is 29.7 Å². The van der Waals surface area contributed by atoms with Crippen LogP contribution in [0.3, 0.4) is 0 Å². The lowest BCUT2D eigenvalue weighted by atomic mass is 10.0. The molecule has 0 amide bonds. The summed E-state index contributed by atoms with van der Waals surface area (Å²) in [5, 5.41) is 4.62. The van der Waals surface area contributed by atoms with Crippen molar-refractivity contribution in [1.29, 1.82) is 0 Å². The molecule has 3 nitrogen and oxygen atoms in total. The second-order valence-corrected chi connectivity index (χ2v) is 5.41. The van der Waals surface area contributed by atoms with E-state index in [1.807, 2.05) is 36.7 Å². The van der Waals surface area contributed by atoms with Gasteiger partial charge in [0.1, 0.15) is 0 Å². The molecule has 0 spiro atoms. The Kier molecular flexibility index (Phi) is 5.29. The molecule has 5 heteroatoms. The number of ether oxygens (including phenoxy) is 2. The molecule has 0 fully saturated rings. The van der Waals surface area contributed by atoms with Gasteiger partial charge >= 0.3 is 0 Å². The Balaban J connectivity index is 2.40. The van der Waals surface area contributed by atoms with Crippen molar-refractivity contribution in [3.05, 3.63) is 45.1 Å². The van der Waals surface area contributed by atoms with E-state index in [2.05, 4.69) is 0 Å². The van der Waals surface area contributed by atoms with Crippen LogP contribution in [0.25, 0.3) is 0 Å². The SMILES string of the molecule is CCOc1cc(Cl)c(C(N)c2ccsc2)cc1OCC. The molecule has 2 rings (SSSR count). The third kappa shape index (κ3) is 3.26. The molecule has 1 atom stereocenters. The molecule has 0 aliphatic carbocycles. The van der Waals surface area contributed by atoms with Gasteiger partial charge in [-0.2, -0.15) is 11.3 Å². The van der Waals surface area contributed by atoms with Crippen LogP contribution in [0, 0.1) is 0 Å². The molecule has 0 saturated carbocycles. The molecule has 2 N–H and O–H groups in total. The van der Waals surface area contributed by atoms with Crippen LogP contribution >= 0.6 is 22.9 Å². The number of benzene rings is 1. The zero-order valence-electron chi connectivity index (χ0n) is 11.6. The van der Waals surface area contributed by atoms with Crippen molar-refractivity contribution in [2.45, 2.75) is 19.9 Å². The molecule has 0 bridgehead atoms. The van der Waals surface area contributed by atoms with Crippen molar-refractivity contribution in [2.24, 2.45) is 5.73 Å². The smallest absolute Gasteiger partial charge is 0.162 e. The van der Waals surface area contributed by atoms with Gasteiger partial charge < -0.3 is 15.2 Å². The van der Waals surface area contributed by atoms with E-state index in [1.165, 1.54) is 0 Å². The number of rotatable bonds is 6. The molecule has 2 aromatic rings. The highest BCUT2D eigenvalue weighted by Gasteiger charge is 2.17. The number of nitrogens with two attached hydrogens (primary N) is 1. The van der Waals surface area contributed by atoms with E-state index in [-0.39, 0.29) is 6.04 Å². The van der Waals surface area contributed by atoms with E-state index in [1.54, 1.807) is 17.4 Å². The van der Waals surface area contributed by atoms with Crippen molar-refractivity contribution in [3.8, 4) is 11.5 Å². The second kappa shape index (κ2) is 6.97. The predicted molar refractivity (Wildman–Crippen MR) is 84.1 cm³/mol. The van der Waals surface area contributed by atoms with Crippen molar-refractivity contribution >= 4 is 22.9 Å². The Bertz CT molecular complexity index is 557. The third-order valence-corrected chi connectivity index (χ3v) is 3.93. The first-order valence-electron chi connectivity index (χ1n) is 6.54. The molecular weight excluding hydrogens is 294 g/mol. The fourth-order valence-electron chi connectivity index (χ4n) is 1.96. The molecule has 20 heavy (non-hydrogen) atoms. The van der Waals surface area contributed by atoms with Crippen molar-refractivity contribution < 1.29 is 9.47 Å². The summed E-state index contributed by atoms with van der Waals surface area (Å²) in [6, 6.07) is 5.39. The predicted octanol–water partition coefficient (Wildman–Crippen LogP) is 4.25. The average Bonchev–Trinajstić information content (AvgIpc) is 2.95. The number of hydrogen-bond acceptors (Lipinski definition) is 4. The van der Waals surface area contributed by atoms with Crippen LogP contribution in [-0.4, -0.2) is 13.2 Å². The van der Waals surface area contributed by atoms with Crippen LogP contribution in [0.1, 0.15) is 31.0 Å². The first-order chi connectivity index (χ1) is 9.67. The van der Waals surface area contributed by atoms with Gasteiger partial charge in [0.25, 0.3) is 0 Å². The molecule has 0 radical (unpaired) electrons. The maximum Gasteiger partial charge on any atom is 0.162 e. The quantitative estimate of drug-likeness (QED) is 0.867. The van der Waals surface area contributed by atoms with E-state index < -0.39 is 0 Å². The molecule has 0 aliphatic rings. The van der Waals surface area contributed by atoms with Crippen LogP contribution in [-0.2, 0) is 0 Å². The van der Waals surface area contributed by atoms with Crippen molar-refractivity contribution in [1.82, 2.24) is 0 Å². The molecule has 108 valence electrons. The molecular formula is C15H18ClNO2S. The monoisotopic (exact) mass is 311 g/mol. The Morgan fingerprint density at radius 3 is 2.40 bits per heavy atom. The summed E-state index contributed by atoms with van der Waals surface area (Å²) in [5.41, 5.74) is 8.17.